The Labute approximate surface area is 170 Å². The van der Waals surface area contributed by atoms with Crippen LogP contribution in [-0.2, 0) is 12.1 Å². The SMILES string of the molecule is COc1cccc(CN2CC3(CC(NC(=O)c4ccccc4)c4nccn43)C2)c1. The Morgan fingerprint density at radius 1 is 1.21 bits per heavy atom. The fourth-order valence-corrected chi connectivity index (χ4v) is 4.70. The molecule has 6 nitrogen and oxygen atoms in total. The quantitative estimate of drug-likeness (QED) is 0.730. The van der Waals surface area contributed by atoms with Gasteiger partial charge < -0.3 is 14.6 Å². The predicted molar refractivity (Wildman–Crippen MR) is 110 cm³/mol. The molecule has 1 saturated heterocycles. The summed E-state index contributed by atoms with van der Waals surface area (Å²) in [5, 5.41) is 3.18. The molecular weight excluding hydrogens is 364 g/mol. The summed E-state index contributed by atoms with van der Waals surface area (Å²) in [4.78, 5) is 19.6. The van der Waals surface area contributed by atoms with Crippen molar-refractivity contribution in [3.8, 4) is 5.75 Å². The lowest BCUT2D eigenvalue weighted by Gasteiger charge is -2.49. The summed E-state index contributed by atoms with van der Waals surface area (Å²) in [7, 11) is 1.70. The summed E-state index contributed by atoms with van der Waals surface area (Å²) in [5.74, 6) is 1.80. The lowest BCUT2D eigenvalue weighted by Crippen LogP contribution is -2.60. The Bertz CT molecular complexity index is 1020. The van der Waals surface area contributed by atoms with Crippen LogP contribution in [0.25, 0.3) is 0 Å². The molecule has 148 valence electrons. The van der Waals surface area contributed by atoms with E-state index in [1.54, 1.807) is 7.11 Å². The fourth-order valence-electron chi connectivity index (χ4n) is 4.70. The van der Waals surface area contributed by atoms with Crippen molar-refractivity contribution in [3.63, 3.8) is 0 Å². The van der Waals surface area contributed by atoms with Crippen molar-refractivity contribution in [2.45, 2.75) is 24.5 Å². The van der Waals surface area contributed by atoms with E-state index < -0.39 is 0 Å². The summed E-state index contributed by atoms with van der Waals surface area (Å²) in [5.41, 5.74) is 1.94. The molecule has 2 aliphatic heterocycles. The molecule has 0 aliphatic carbocycles. The van der Waals surface area contributed by atoms with E-state index in [2.05, 4.69) is 31.9 Å². The molecule has 1 fully saturated rings. The van der Waals surface area contributed by atoms with Gasteiger partial charge in [0, 0.05) is 44.0 Å². The number of methoxy groups -OCH3 is 1. The number of benzene rings is 2. The van der Waals surface area contributed by atoms with E-state index in [4.69, 9.17) is 4.74 Å². The highest BCUT2D eigenvalue weighted by Crippen LogP contribution is 2.45. The highest BCUT2D eigenvalue weighted by Gasteiger charge is 2.52. The summed E-state index contributed by atoms with van der Waals surface area (Å²) in [6.45, 7) is 2.79. The van der Waals surface area contributed by atoms with E-state index in [0.717, 1.165) is 37.6 Å². The third-order valence-corrected chi connectivity index (χ3v) is 5.99. The predicted octanol–water partition coefficient (Wildman–Crippen LogP) is 2.98. The van der Waals surface area contributed by atoms with Crippen molar-refractivity contribution >= 4 is 5.91 Å². The molecule has 29 heavy (non-hydrogen) atoms. The molecule has 2 aromatic carbocycles. The average Bonchev–Trinajstić information content (AvgIpc) is 3.32. The van der Waals surface area contributed by atoms with Crippen molar-refractivity contribution in [1.82, 2.24) is 19.8 Å². The smallest absolute Gasteiger partial charge is 0.251 e. The zero-order valence-electron chi connectivity index (χ0n) is 16.4. The Morgan fingerprint density at radius 2 is 2.03 bits per heavy atom. The minimum Gasteiger partial charge on any atom is -0.497 e. The third kappa shape index (κ3) is 3.19. The van der Waals surface area contributed by atoms with E-state index in [0.29, 0.717) is 5.56 Å². The highest BCUT2D eigenvalue weighted by molar-refractivity contribution is 5.94. The van der Waals surface area contributed by atoms with E-state index in [9.17, 15) is 4.79 Å². The molecule has 2 aliphatic rings. The molecule has 6 heteroatoms. The Balaban J connectivity index is 1.27. The van der Waals surface area contributed by atoms with Gasteiger partial charge in [0.15, 0.2) is 0 Å². The highest BCUT2D eigenvalue weighted by atomic mass is 16.5. The van der Waals surface area contributed by atoms with Gasteiger partial charge >= 0.3 is 0 Å². The number of carbonyl (C=O) groups is 1. The van der Waals surface area contributed by atoms with Gasteiger partial charge in [0.1, 0.15) is 11.6 Å². The van der Waals surface area contributed by atoms with Crippen LogP contribution in [0.5, 0.6) is 5.75 Å². The van der Waals surface area contributed by atoms with Crippen LogP contribution < -0.4 is 10.1 Å². The first-order valence-electron chi connectivity index (χ1n) is 9.92. The van der Waals surface area contributed by atoms with Gasteiger partial charge in [-0.1, -0.05) is 30.3 Å². The third-order valence-electron chi connectivity index (χ3n) is 5.99. The summed E-state index contributed by atoms with van der Waals surface area (Å²) >= 11 is 0. The molecule has 1 N–H and O–H groups in total. The molecule has 0 bridgehead atoms. The maximum Gasteiger partial charge on any atom is 0.251 e. The summed E-state index contributed by atoms with van der Waals surface area (Å²) in [6, 6.07) is 17.5. The van der Waals surface area contributed by atoms with Crippen LogP contribution in [0.1, 0.15) is 34.2 Å². The minimum absolute atomic E-state index is 0.0132. The zero-order chi connectivity index (χ0) is 19.8. The number of aromatic nitrogens is 2. The lowest BCUT2D eigenvalue weighted by atomic mass is 9.85. The van der Waals surface area contributed by atoms with Crippen LogP contribution in [-0.4, -0.2) is 40.6 Å². The maximum atomic E-state index is 12.6. The Morgan fingerprint density at radius 3 is 2.83 bits per heavy atom. The van der Waals surface area contributed by atoms with Crippen molar-refractivity contribution in [1.29, 1.82) is 0 Å². The first-order valence-corrected chi connectivity index (χ1v) is 9.92. The van der Waals surface area contributed by atoms with Crippen molar-refractivity contribution in [2.75, 3.05) is 20.2 Å². The van der Waals surface area contributed by atoms with Crippen LogP contribution in [0.15, 0.2) is 67.0 Å². The summed E-state index contributed by atoms with van der Waals surface area (Å²) < 4.78 is 7.60. The van der Waals surface area contributed by atoms with E-state index >= 15 is 0 Å². The molecule has 1 amide bonds. The monoisotopic (exact) mass is 388 g/mol. The fraction of sp³-hybridized carbons (Fsp3) is 0.304. The number of fused-ring (bicyclic) bond motifs is 2. The number of nitrogens with one attached hydrogen (secondary N) is 1. The van der Waals surface area contributed by atoms with Crippen LogP contribution in [0, 0.1) is 0 Å². The number of carbonyl (C=O) groups excluding carboxylic acids is 1. The van der Waals surface area contributed by atoms with Crippen LogP contribution in [0.3, 0.4) is 0 Å². The van der Waals surface area contributed by atoms with Crippen LogP contribution >= 0.6 is 0 Å². The van der Waals surface area contributed by atoms with E-state index in [-0.39, 0.29) is 17.5 Å². The standard InChI is InChI=1S/C23H24N4O2/c1-29-19-9-5-6-17(12-19)14-26-15-23(16-26)13-20(21-24-10-11-27(21)23)25-22(28)18-7-3-2-4-8-18/h2-12,20H,13-16H2,1H3,(H,25,28). The maximum absolute atomic E-state index is 12.6. The van der Waals surface area contributed by atoms with Gasteiger partial charge in [0.05, 0.1) is 18.7 Å². The number of rotatable bonds is 5. The van der Waals surface area contributed by atoms with Crippen LogP contribution in [0.2, 0.25) is 0 Å². The molecule has 5 rings (SSSR count). The second-order valence-electron chi connectivity index (χ2n) is 7.97. The largest absolute Gasteiger partial charge is 0.497 e. The molecular formula is C23H24N4O2. The zero-order valence-corrected chi connectivity index (χ0v) is 16.4. The average molecular weight is 388 g/mol. The molecule has 1 atom stereocenters. The normalized spacial score (nSPS) is 19.6. The van der Waals surface area contributed by atoms with E-state index in [1.807, 2.05) is 54.9 Å². The lowest BCUT2D eigenvalue weighted by molar-refractivity contribution is 0.00749. The first-order chi connectivity index (χ1) is 14.2. The van der Waals surface area contributed by atoms with Crippen molar-refractivity contribution < 1.29 is 9.53 Å². The van der Waals surface area contributed by atoms with Crippen LogP contribution in [0.4, 0.5) is 0 Å². The number of nitrogens with zero attached hydrogens (tertiary/aromatic N) is 3. The Hall–Kier alpha value is -3.12. The van der Waals surface area contributed by atoms with Gasteiger partial charge in [0.25, 0.3) is 5.91 Å². The summed E-state index contributed by atoms with van der Waals surface area (Å²) in [6.07, 6.45) is 4.76. The number of hydrogen-bond donors (Lipinski definition) is 1. The Kier molecular flexibility index (Phi) is 4.36. The van der Waals surface area contributed by atoms with Gasteiger partial charge in [-0.2, -0.15) is 0 Å². The minimum atomic E-state index is -0.0586. The number of imidazole rings is 1. The van der Waals surface area contributed by atoms with Gasteiger partial charge in [-0.3, -0.25) is 9.69 Å². The number of hydrogen-bond acceptors (Lipinski definition) is 4. The van der Waals surface area contributed by atoms with E-state index in [1.165, 1.54) is 5.56 Å². The molecule has 0 saturated carbocycles. The van der Waals surface area contributed by atoms with Gasteiger partial charge in [-0.05, 0) is 29.8 Å². The molecule has 3 heterocycles. The number of amides is 1. The van der Waals surface area contributed by atoms with Gasteiger partial charge in [0.2, 0.25) is 0 Å². The number of likely N-dealkylation sites (tertiary alicyclic amines) is 1. The molecule has 1 spiro atoms. The van der Waals surface area contributed by atoms with Gasteiger partial charge in [-0.25, -0.2) is 4.98 Å². The molecule has 3 aromatic rings. The van der Waals surface area contributed by atoms with Gasteiger partial charge in [-0.15, -0.1) is 0 Å². The topological polar surface area (TPSA) is 59.4 Å². The number of ether oxygens (including phenoxy) is 1. The molecule has 1 aromatic heterocycles. The second-order valence-corrected chi connectivity index (χ2v) is 7.97. The van der Waals surface area contributed by atoms with Crippen molar-refractivity contribution in [2.24, 2.45) is 0 Å². The first kappa shape index (κ1) is 17.9. The molecule has 1 unspecified atom stereocenters. The molecule has 0 radical (unpaired) electrons. The second kappa shape index (κ2) is 7.04. The van der Waals surface area contributed by atoms with Crippen molar-refractivity contribution in [3.05, 3.63) is 83.9 Å².